The first-order chi connectivity index (χ1) is 9.52. The van der Waals surface area contributed by atoms with E-state index in [1.54, 1.807) is 6.07 Å². The second kappa shape index (κ2) is 5.40. The van der Waals surface area contributed by atoms with E-state index in [9.17, 15) is 20.1 Å². The number of carbonyl (C=O) groups is 1. The number of ether oxygens (including phenoxy) is 1. The van der Waals surface area contributed by atoms with Crippen LogP contribution in [0.15, 0.2) is 36.4 Å². The Bertz CT molecular complexity index is 654. The third-order valence-electron chi connectivity index (χ3n) is 2.70. The second-order valence-corrected chi connectivity index (χ2v) is 4.01. The predicted octanol–water partition coefficient (Wildman–Crippen LogP) is 2.06. The van der Waals surface area contributed by atoms with Gasteiger partial charge >= 0.3 is 0 Å². The molecule has 2 aromatic rings. The molecule has 0 saturated heterocycles. The van der Waals surface area contributed by atoms with Crippen molar-refractivity contribution in [1.82, 2.24) is 0 Å². The molecule has 0 atom stereocenters. The summed E-state index contributed by atoms with van der Waals surface area (Å²) in [6.07, 6.45) is 0. The highest BCUT2D eigenvalue weighted by Crippen LogP contribution is 2.31. The number of para-hydroxylation sites is 1. The Balaban J connectivity index is 2.26. The maximum absolute atomic E-state index is 12.0. The minimum atomic E-state index is -0.563. The average molecular weight is 275 g/mol. The number of hydrogen-bond acceptors (Lipinski definition) is 5. The summed E-state index contributed by atoms with van der Waals surface area (Å²) in [4.78, 5) is 12.0. The number of phenolic OH excluding ortho intramolecular Hbond substituents is 3. The number of rotatable bonds is 3. The van der Waals surface area contributed by atoms with Gasteiger partial charge in [-0.05, 0) is 24.3 Å². The van der Waals surface area contributed by atoms with Crippen molar-refractivity contribution < 1.29 is 24.9 Å². The van der Waals surface area contributed by atoms with Gasteiger partial charge in [-0.25, -0.2) is 0 Å². The van der Waals surface area contributed by atoms with E-state index in [0.717, 1.165) is 0 Å². The topological polar surface area (TPSA) is 99.0 Å². The van der Waals surface area contributed by atoms with Gasteiger partial charge in [0.2, 0.25) is 0 Å². The lowest BCUT2D eigenvalue weighted by Gasteiger charge is -2.10. The van der Waals surface area contributed by atoms with E-state index in [4.69, 9.17) is 4.74 Å². The number of hydrogen-bond donors (Lipinski definition) is 4. The maximum Gasteiger partial charge on any atom is 0.259 e. The van der Waals surface area contributed by atoms with E-state index in [0.29, 0.717) is 0 Å². The van der Waals surface area contributed by atoms with Crippen LogP contribution in [0.25, 0.3) is 0 Å². The highest BCUT2D eigenvalue weighted by Gasteiger charge is 2.15. The van der Waals surface area contributed by atoms with E-state index in [2.05, 4.69) is 5.32 Å². The SMILES string of the molecule is COc1cccc(C(=O)Nc2ccc(O)c(O)c2)c1O. The van der Waals surface area contributed by atoms with Gasteiger partial charge in [-0.2, -0.15) is 0 Å². The molecule has 0 spiro atoms. The van der Waals surface area contributed by atoms with Crippen LogP contribution in [0.4, 0.5) is 5.69 Å². The highest BCUT2D eigenvalue weighted by atomic mass is 16.5. The predicted molar refractivity (Wildman–Crippen MR) is 72.4 cm³/mol. The van der Waals surface area contributed by atoms with Gasteiger partial charge < -0.3 is 25.4 Å². The molecule has 0 aliphatic rings. The molecule has 4 N–H and O–H groups in total. The summed E-state index contributed by atoms with van der Waals surface area (Å²) in [6, 6.07) is 8.40. The maximum atomic E-state index is 12.0. The first-order valence-corrected chi connectivity index (χ1v) is 5.72. The summed E-state index contributed by atoms with van der Waals surface area (Å²) in [5.74, 6) is -1.28. The summed E-state index contributed by atoms with van der Waals surface area (Å²) in [7, 11) is 1.38. The molecular weight excluding hydrogens is 262 g/mol. The Kier molecular flexibility index (Phi) is 3.65. The molecule has 0 aliphatic carbocycles. The van der Waals surface area contributed by atoms with E-state index >= 15 is 0 Å². The molecule has 6 nitrogen and oxygen atoms in total. The molecular formula is C14H13NO5. The van der Waals surface area contributed by atoms with Gasteiger partial charge in [0.15, 0.2) is 23.0 Å². The fraction of sp³-hybridized carbons (Fsp3) is 0.0714. The van der Waals surface area contributed by atoms with Crippen LogP contribution < -0.4 is 10.1 Å². The zero-order valence-electron chi connectivity index (χ0n) is 10.6. The molecule has 0 fully saturated rings. The second-order valence-electron chi connectivity index (χ2n) is 4.01. The highest BCUT2D eigenvalue weighted by molar-refractivity contribution is 6.06. The van der Waals surface area contributed by atoms with Gasteiger partial charge in [0, 0.05) is 11.8 Å². The molecule has 0 saturated carbocycles. The van der Waals surface area contributed by atoms with Crippen LogP contribution in [0.2, 0.25) is 0 Å². The van der Waals surface area contributed by atoms with E-state index in [-0.39, 0.29) is 34.2 Å². The number of methoxy groups -OCH3 is 1. The molecule has 0 heterocycles. The molecule has 0 bridgehead atoms. The van der Waals surface area contributed by atoms with Crippen molar-refractivity contribution in [2.45, 2.75) is 0 Å². The van der Waals surface area contributed by atoms with Gasteiger partial charge in [0.1, 0.15) is 0 Å². The standard InChI is InChI=1S/C14H13NO5/c1-20-12-4-2-3-9(13(12)18)14(19)15-8-5-6-10(16)11(17)7-8/h2-7,16-18H,1H3,(H,15,19). The number of phenols is 3. The zero-order valence-corrected chi connectivity index (χ0v) is 10.6. The normalized spacial score (nSPS) is 10.1. The average Bonchev–Trinajstić information content (AvgIpc) is 2.43. The van der Waals surface area contributed by atoms with Crippen molar-refractivity contribution in [3.05, 3.63) is 42.0 Å². The Labute approximate surface area is 114 Å². The third-order valence-corrected chi connectivity index (χ3v) is 2.70. The van der Waals surface area contributed by atoms with Gasteiger partial charge in [0.25, 0.3) is 5.91 Å². The number of anilines is 1. The lowest BCUT2D eigenvalue weighted by atomic mass is 10.1. The molecule has 2 aromatic carbocycles. The number of amides is 1. The number of benzene rings is 2. The van der Waals surface area contributed by atoms with Gasteiger partial charge in [-0.3, -0.25) is 4.79 Å². The van der Waals surface area contributed by atoms with Crippen molar-refractivity contribution >= 4 is 11.6 Å². The summed E-state index contributed by atoms with van der Waals surface area (Å²) in [5, 5.41) is 30.9. The quantitative estimate of drug-likeness (QED) is 0.507. The Morgan fingerprint density at radius 3 is 2.50 bits per heavy atom. The summed E-state index contributed by atoms with van der Waals surface area (Å²) < 4.78 is 4.92. The van der Waals surface area contributed by atoms with Crippen LogP contribution in [-0.2, 0) is 0 Å². The monoisotopic (exact) mass is 275 g/mol. The molecule has 1 amide bonds. The van der Waals surface area contributed by atoms with E-state index < -0.39 is 5.91 Å². The van der Waals surface area contributed by atoms with E-state index in [1.807, 2.05) is 0 Å². The van der Waals surface area contributed by atoms with Crippen LogP contribution in [-0.4, -0.2) is 28.3 Å². The summed E-state index contributed by atoms with van der Waals surface area (Å²) >= 11 is 0. The first-order valence-electron chi connectivity index (χ1n) is 5.72. The van der Waals surface area contributed by atoms with Gasteiger partial charge in [-0.1, -0.05) is 6.07 Å². The van der Waals surface area contributed by atoms with Crippen molar-refractivity contribution in [1.29, 1.82) is 0 Å². The van der Waals surface area contributed by atoms with Gasteiger partial charge in [0.05, 0.1) is 12.7 Å². The van der Waals surface area contributed by atoms with Crippen LogP contribution >= 0.6 is 0 Å². The Morgan fingerprint density at radius 2 is 1.85 bits per heavy atom. The van der Waals surface area contributed by atoms with Crippen molar-refractivity contribution in [2.75, 3.05) is 12.4 Å². The first kappa shape index (κ1) is 13.5. The van der Waals surface area contributed by atoms with Gasteiger partial charge in [-0.15, -0.1) is 0 Å². The molecule has 20 heavy (non-hydrogen) atoms. The molecule has 6 heteroatoms. The number of aromatic hydroxyl groups is 3. The molecule has 0 radical (unpaired) electrons. The molecule has 0 unspecified atom stereocenters. The molecule has 0 aliphatic heterocycles. The largest absolute Gasteiger partial charge is 0.504 e. The Hall–Kier alpha value is -2.89. The Morgan fingerprint density at radius 1 is 1.10 bits per heavy atom. The summed E-state index contributed by atoms with van der Waals surface area (Å²) in [5.41, 5.74) is 0.324. The minimum Gasteiger partial charge on any atom is -0.504 e. The van der Waals surface area contributed by atoms with Crippen LogP contribution in [0.5, 0.6) is 23.0 Å². The van der Waals surface area contributed by atoms with Crippen molar-refractivity contribution in [3.63, 3.8) is 0 Å². The molecule has 0 aromatic heterocycles. The summed E-state index contributed by atoms with van der Waals surface area (Å²) in [6.45, 7) is 0. The number of carbonyl (C=O) groups excluding carboxylic acids is 1. The fourth-order valence-corrected chi connectivity index (χ4v) is 1.67. The van der Waals surface area contributed by atoms with Crippen LogP contribution in [0.1, 0.15) is 10.4 Å². The smallest absolute Gasteiger partial charge is 0.259 e. The minimum absolute atomic E-state index is 0.0388. The van der Waals surface area contributed by atoms with Crippen molar-refractivity contribution in [3.8, 4) is 23.0 Å². The number of nitrogens with one attached hydrogen (secondary N) is 1. The van der Waals surface area contributed by atoms with Crippen molar-refractivity contribution in [2.24, 2.45) is 0 Å². The lowest BCUT2D eigenvalue weighted by Crippen LogP contribution is -2.12. The molecule has 104 valence electrons. The van der Waals surface area contributed by atoms with E-state index in [1.165, 1.54) is 37.4 Å². The van der Waals surface area contributed by atoms with Crippen LogP contribution in [0, 0.1) is 0 Å². The lowest BCUT2D eigenvalue weighted by molar-refractivity contribution is 0.102. The van der Waals surface area contributed by atoms with Crippen LogP contribution in [0.3, 0.4) is 0 Å². The fourth-order valence-electron chi connectivity index (χ4n) is 1.67. The third kappa shape index (κ3) is 2.59. The molecule has 2 rings (SSSR count). The zero-order chi connectivity index (χ0) is 14.7.